The summed E-state index contributed by atoms with van der Waals surface area (Å²) in [5, 5.41) is 10.6. The van der Waals surface area contributed by atoms with Crippen LogP contribution in [0.25, 0.3) is 0 Å². The molecule has 2 N–H and O–H groups in total. The van der Waals surface area contributed by atoms with Crippen molar-refractivity contribution >= 4 is 11.6 Å². The van der Waals surface area contributed by atoms with Gasteiger partial charge in [-0.2, -0.15) is 5.10 Å². The van der Waals surface area contributed by atoms with Gasteiger partial charge in [0.2, 0.25) is 5.91 Å². The van der Waals surface area contributed by atoms with Crippen molar-refractivity contribution < 1.29 is 9.53 Å². The van der Waals surface area contributed by atoms with Crippen LogP contribution in [-0.2, 0) is 11.8 Å². The van der Waals surface area contributed by atoms with Crippen molar-refractivity contribution in [2.75, 3.05) is 18.4 Å². The fourth-order valence-electron chi connectivity index (χ4n) is 3.09. The zero-order chi connectivity index (χ0) is 17.1. The Morgan fingerprint density at radius 3 is 2.88 bits per heavy atom. The number of benzene rings is 1. The average Bonchev–Trinajstić information content (AvgIpc) is 3.17. The molecule has 2 heterocycles. The Balaban J connectivity index is 1.75. The van der Waals surface area contributed by atoms with Gasteiger partial charge in [-0.25, -0.2) is 0 Å². The lowest BCUT2D eigenvalue weighted by atomic mass is 9.90. The van der Waals surface area contributed by atoms with Gasteiger partial charge in [0.05, 0.1) is 23.9 Å². The Hall–Kier alpha value is -2.34. The maximum atomic E-state index is 12.8. The molecule has 2 atom stereocenters. The molecule has 6 nitrogen and oxygen atoms in total. The van der Waals surface area contributed by atoms with Crippen molar-refractivity contribution in [2.45, 2.75) is 25.9 Å². The minimum atomic E-state index is -0.124. The predicted octanol–water partition coefficient (Wildman–Crippen LogP) is 2.15. The number of hydrogen-bond donors (Lipinski definition) is 2. The first-order valence-corrected chi connectivity index (χ1v) is 8.30. The number of nitrogens with zero attached hydrogens (tertiary/aromatic N) is 2. The Labute approximate surface area is 142 Å². The monoisotopic (exact) mass is 328 g/mol. The summed E-state index contributed by atoms with van der Waals surface area (Å²) >= 11 is 0. The number of hydrogen-bond acceptors (Lipinski definition) is 4. The predicted molar refractivity (Wildman–Crippen MR) is 93.1 cm³/mol. The summed E-state index contributed by atoms with van der Waals surface area (Å²) in [7, 11) is 1.89. The summed E-state index contributed by atoms with van der Waals surface area (Å²) in [5.41, 5.74) is 1.81. The molecule has 128 valence electrons. The number of para-hydroxylation sites is 2. The topological polar surface area (TPSA) is 68.2 Å². The van der Waals surface area contributed by atoms with Crippen LogP contribution in [0.3, 0.4) is 0 Å². The number of rotatable bonds is 5. The maximum Gasteiger partial charge on any atom is 0.229 e. The van der Waals surface area contributed by atoms with Gasteiger partial charge in [0.15, 0.2) is 0 Å². The second-order valence-corrected chi connectivity index (χ2v) is 6.47. The first-order valence-electron chi connectivity index (χ1n) is 8.30. The van der Waals surface area contributed by atoms with Gasteiger partial charge in [-0.15, -0.1) is 0 Å². The molecule has 2 aromatic rings. The smallest absolute Gasteiger partial charge is 0.229 e. The second-order valence-electron chi connectivity index (χ2n) is 6.47. The molecular weight excluding hydrogens is 304 g/mol. The van der Waals surface area contributed by atoms with Crippen LogP contribution >= 0.6 is 0 Å². The van der Waals surface area contributed by atoms with E-state index in [0.29, 0.717) is 18.0 Å². The van der Waals surface area contributed by atoms with Crippen molar-refractivity contribution in [2.24, 2.45) is 13.0 Å². The van der Waals surface area contributed by atoms with E-state index >= 15 is 0 Å². The molecule has 0 bridgehead atoms. The van der Waals surface area contributed by atoms with Crippen LogP contribution < -0.4 is 15.4 Å². The lowest BCUT2D eigenvalue weighted by Gasteiger charge is -2.19. The summed E-state index contributed by atoms with van der Waals surface area (Å²) in [6, 6.07) is 7.55. The van der Waals surface area contributed by atoms with E-state index in [1.165, 1.54) is 0 Å². The van der Waals surface area contributed by atoms with Gasteiger partial charge in [-0.1, -0.05) is 12.1 Å². The Bertz CT molecular complexity index is 711. The number of aryl methyl sites for hydroxylation is 1. The second kappa shape index (κ2) is 7.05. The van der Waals surface area contributed by atoms with Crippen LogP contribution in [0.5, 0.6) is 5.75 Å². The molecule has 0 radical (unpaired) electrons. The number of carbonyl (C=O) groups excluding carboxylic acids is 1. The highest BCUT2D eigenvalue weighted by atomic mass is 16.5. The molecule has 0 aliphatic carbocycles. The van der Waals surface area contributed by atoms with E-state index in [-0.39, 0.29) is 23.8 Å². The van der Waals surface area contributed by atoms with Crippen molar-refractivity contribution in [1.29, 1.82) is 0 Å². The van der Waals surface area contributed by atoms with E-state index < -0.39 is 0 Å². The van der Waals surface area contributed by atoms with E-state index in [1.807, 2.05) is 57.6 Å². The molecule has 0 unspecified atom stereocenters. The standard InChI is InChI=1S/C18H24N4O2/c1-12(2)24-17-7-5-4-6-16(17)21-18(23)15-10-19-9-14(15)13-8-20-22(3)11-13/h4-8,11-12,14-15,19H,9-10H2,1-3H3,(H,21,23)/t14-,15+/m1/s1. The van der Waals surface area contributed by atoms with Crippen LogP contribution in [0, 0.1) is 5.92 Å². The molecule has 1 aromatic carbocycles. The highest BCUT2D eigenvalue weighted by Gasteiger charge is 2.35. The van der Waals surface area contributed by atoms with E-state index in [9.17, 15) is 4.79 Å². The maximum absolute atomic E-state index is 12.8. The van der Waals surface area contributed by atoms with Crippen molar-refractivity contribution in [3.8, 4) is 5.75 Å². The quantitative estimate of drug-likeness (QED) is 0.882. The summed E-state index contributed by atoms with van der Waals surface area (Å²) in [6.07, 6.45) is 3.88. The van der Waals surface area contributed by atoms with Gasteiger partial charge < -0.3 is 15.4 Å². The largest absolute Gasteiger partial charge is 0.489 e. The van der Waals surface area contributed by atoms with Crippen LogP contribution in [0.2, 0.25) is 0 Å². The van der Waals surface area contributed by atoms with E-state index in [1.54, 1.807) is 4.68 Å². The molecule has 3 rings (SSSR count). The van der Waals surface area contributed by atoms with Gasteiger partial charge in [-0.05, 0) is 31.5 Å². The highest BCUT2D eigenvalue weighted by molar-refractivity contribution is 5.95. The SMILES string of the molecule is CC(C)Oc1ccccc1NC(=O)[C@H]1CNC[C@@H]1c1cnn(C)c1. The van der Waals surface area contributed by atoms with Gasteiger partial charge in [0, 0.05) is 32.3 Å². The molecule has 24 heavy (non-hydrogen) atoms. The average molecular weight is 328 g/mol. The summed E-state index contributed by atoms with van der Waals surface area (Å²) < 4.78 is 7.55. The third-order valence-corrected chi connectivity index (χ3v) is 4.21. The molecule has 1 aliphatic rings. The molecule has 1 fully saturated rings. The van der Waals surface area contributed by atoms with E-state index in [4.69, 9.17) is 4.74 Å². The van der Waals surface area contributed by atoms with Gasteiger partial charge in [0.25, 0.3) is 0 Å². The molecule has 6 heteroatoms. The molecule has 1 saturated heterocycles. The zero-order valence-electron chi connectivity index (χ0n) is 14.3. The third-order valence-electron chi connectivity index (χ3n) is 4.21. The molecule has 0 spiro atoms. The Kier molecular flexibility index (Phi) is 4.85. The number of anilines is 1. The lowest BCUT2D eigenvalue weighted by molar-refractivity contribution is -0.119. The number of aromatic nitrogens is 2. The van der Waals surface area contributed by atoms with Crippen LogP contribution in [0.4, 0.5) is 5.69 Å². The Morgan fingerprint density at radius 1 is 1.38 bits per heavy atom. The molecular formula is C18H24N4O2. The zero-order valence-corrected chi connectivity index (χ0v) is 14.3. The molecule has 0 saturated carbocycles. The van der Waals surface area contributed by atoms with E-state index in [2.05, 4.69) is 15.7 Å². The van der Waals surface area contributed by atoms with Crippen molar-refractivity contribution in [3.05, 3.63) is 42.2 Å². The van der Waals surface area contributed by atoms with Crippen LogP contribution in [0.15, 0.2) is 36.7 Å². The normalized spacial score (nSPS) is 20.3. The summed E-state index contributed by atoms with van der Waals surface area (Å²) in [5.74, 6) is 0.719. The number of nitrogens with one attached hydrogen (secondary N) is 2. The summed E-state index contributed by atoms with van der Waals surface area (Å²) in [6.45, 7) is 5.39. The fraction of sp³-hybridized carbons (Fsp3) is 0.444. The first-order chi connectivity index (χ1) is 11.5. The van der Waals surface area contributed by atoms with Crippen molar-refractivity contribution in [1.82, 2.24) is 15.1 Å². The van der Waals surface area contributed by atoms with Gasteiger partial charge in [-0.3, -0.25) is 9.48 Å². The van der Waals surface area contributed by atoms with Crippen LogP contribution in [0.1, 0.15) is 25.3 Å². The van der Waals surface area contributed by atoms with Gasteiger partial charge in [0.1, 0.15) is 5.75 Å². The molecule has 1 aromatic heterocycles. The molecule has 1 aliphatic heterocycles. The first kappa shape index (κ1) is 16.5. The Morgan fingerprint density at radius 2 is 2.17 bits per heavy atom. The van der Waals surface area contributed by atoms with Crippen LogP contribution in [-0.4, -0.2) is 34.9 Å². The summed E-state index contributed by atoms with van der Waals surface area (Å²) in [4.78, 5) is 12.8. The minimum Gasteiger partial charge on any atom is -0.489 e. The van der Waals surface area contributed by atoms with E-state index in [0.717, 1.165) is 12.1 Å². The number of ether oxygens (including phenoxy) is 1. The third kappa shape index (κ3) is 3.59. The number of carbonyl (C=O) groups is 1. The highest BCUT2D eigenvalue weighted by Crippen LogP contribution is 2.31. The van der Waals surface area contributed by atoms with Crippen molar-refractivity contribution in [3.63, 3.8) is 0 Å². The molecule has 1 amide bonds. The number of amides is 1. The van der Waals surface area contributed by atoms with Gasteiger partial charge >= 0.3 is 0 Å². The minimum absolute atomic E-state index is 0.00802. The lowest BCUT2D eigenvalue weighted by Crippen LogP contribution is -2.28. The fourth-order valence-corrected chi connectivity index (χ4v) is 3.09.